The topological polar surface area (TPSA) is 84.5 Å². The van der Waals surface area contributed by atoms with Crippen LogP contribution in [-0.4, -0.2) is 43.6 Å². The molecule has 3 rings (SSSR count). The van der Waals surface area contributed by atoms with E-state index in [-0.39, 0.29) is 6.10 Å². The van der Waals surface area contributed by atoms with Crippen molar-refractivity contribution >= 4 is 17.2 Å². The highest BCUT2D eigenvalue weighted by Crippen LogP contribution is 2.25. The van der Waals surface area contributed by atoms with Crippen molar-refractivity contribution in [3.05, 3.63) is 47.7 Å². The molecule has 6 heteroatoms. The molecule has 1 saturated heterocycles. The first-order valence-electron chi connectivity index (χ1n) is 8.47. The fourth-order valence-corrected chi connectivity index (χ4v) is 3.04. The molecular formula is C19H24N4O2. The van der Waals surface area contributed by atoms with E-state index in [1.807, 2.05) is 31.2 Å². The minimum atomic E-state index is 0.239. The number of hydrogen-bond donors (Lipinski definition) is 2. The van der Waals surface area contributed by atoms with Gasteiger partial charge in [0.2, 0.25) is 0 Å². The number of pyridine rings is 1. The molecule has 25 heavy (non-hydrogen) atoms. The van der Waals surface area contributed by atoms with Gasteiger partial charge in [-0.3, -0.25) is 5.41 Å². The van der Waals surface area contributed by atoms with Crippen LogP contribution >= 0.6 is 0 Å². The zero-order valence-corrected chi connectivity index (χ0v) is 14.7. The lowest BCUT2D eigenvalue weighted by atomic mass is 10.0. The molecule has 0 spiro atoms. The Morgan fingerprint density at radius 2 is 2.20 bits per heavy atom. The van der Waals surface area contributed by atoms with Crippen LogP contribution in [0.15, 0.2) is 36.5 Å². The van der Waals surface area contributed by atoms with Gasteiger partial charge in [-0.25, -0.2) is 4.98 Å². The summed E-state index contributed by atoms with van der Waals surface area (Å²) in [5.74, 6) is 1.58. The number of hydrogen-bond acceptors (Lipinski definition) is 6. The fraction of sp³-hybridized carbons (Fsp3) is 0.368. The van der Waals surface area contributed by atoms with Gasteiger partial charge in [-0.15, -0.1) is 0 Å². The number of ether oxygens (including phenoxy) is 2. The second kappa shape index (κ2) is 7.53. The van der Waals surface area contributed by atoms with Crippen molar-refractivity contribution < 1.29 is 9.47 Å². The van der Waals surface area contributed by atoms with Crippen LogP contribution in [0.4, 0.5) is 11.5 Å². The van der Waals surface area contributed by atoms with Crippen molar-refractivity contribution in [1.29, 1.82) is 5.41 Å². The van der Waals surface area contributed by atoms with Crippen LogP contribution in [0.1, 0.15) is 24.5 Å². The number of rotatable bonds is 6. The first kappa shape index (κ1) is 17.2. The Morgan fingerprint density at radius 1 is 1.36 bits per heavy atom. The molecule has 1 aromatic heterocycles. The summed E-state index contributed by atoms with van der Waals surface area (Å²) in [4.78, 5) is 6.64. The SMILES string of the molecule is CCOc1ccc(N)c(C(=N)c2ccnc(N3CCC(OC)C3)c2)c1. The smallest absolute Gasteiger partial charge is 0.129 e. The second-order valence-corrected chi connectivity index (χ2v) is 6.05. The number of nitrogens with zero attached hydrogens (tertiary/aromatic N) is 2. The third-order valence-electron chi connectivity index (χ3n) is 4.44. The predicted octanol–water partition coefficient (Wildman–Crippen LogP) is 2.70. The molecule has 3 N–H and O–H groups in total. The van der Waals surface area contributed by atoms with Gasteiger partial charge in [-0.1, -0.05) is 0 Å². The lowest BCUT2D eigenvalue weighted by molar-refractivity contribution is 0.121. The van der Waals surface area contributed by atoms with E-state index in [4.69, 9.17) is 20.6 Å². The van der Waals surface area contributed by atoms with Gasteiger partial charge in [-0.05, 0) is 43.7 Å². The normalized spacial score (nSPS) is 16.9. The van der Waals surface area contributed by atoms with Gasteiger partial charge in [0.25, 0.3) is 0 Å². The highest BCUT2D eigenvalue weighted by Gasteiger charge is 2.23. The monoisotopic (exact) mass is 340 g/mol. The molecule has 0 saturated carbocycles. The van der Waals surface area contributed by atoms with Gasteiger partial charge in [0.05, 0.1) is 18.4 Å². The molecule has 1 aliphatic heterocycles. The molecule has 2 aromatic rings. The van der Waals surface area contributed by atoms with Gasteiger partial charge in [0.15, 0.2) is 0 Å². The first-order chi connectivity index (χ1) is 12.1. The van der Waals surface area contributed by atoms with Crippen molar-refractivity contribution in [2.24, 2.45) is 0 Å². The Bertz CT molecular complexity index is 763. The summed E-state index contributed by atoms with van der Waals surface area (Å²) in [7, 11) is 1.74. The standard InChI is InChI=1S/C19H24N4O2/c1-3-25-14-4-5-17(20)16(11-14)19(21)13-6-8-22-18(10-13)23-9-7-15(12-23)24-2/h4-6,8,10-11,15,21H,3,7,9,12,20H2,1-2H3. The third kappa shape index (κ3) is 3.74. The maximum Gasteiger partial charge on any atom is 0.129 e. The number of nitrogen functional groups attached to an aromatic ring is 1. The van der Waals surface area contributed by atoms with E-state index in [9.17, 15) is 0 Å². The van der Waals surface area contributed by atoms with Crippen LogP contribution in [0.25, 0.3) is 0 Å². The van der Waals surface area contributed by atoms with Crippen LogP contribution in [0.2, 0.25) is 0 Å². The maximum absolute atomic E-state index is 8.58. The summed E-state index contributed by atoms with van der Waals surface area (Å²) in [6.45, 7) is 4.23. The third-order valence-corrected chi connectivity index (χ3v) is 4.44. The molecular weight excluding hydrogens is 316 g/mol. The van der Waals surface area contributed by atoms with Gasteiger partial charge < -0.3 is 20.1 Å². The van der Waals surface area contributed by atoms with E-state index in [1.165, 1.54) is 0 Å². The molecule has 1 atom stereocenters. The Morgan fingerprint density at radius 3 is 2.92 bits per heavy atom. The molecule has 0 amide bonds. The number of nitrogens with two attached hydrogens (primary N) is 1. The number of aromatic nitrogens is 1. The van der Waals surface area contributed by atoms with Crippen molar-refractivity contribution in [3.63, 3.8) is 0 Å². The van der Waals surface area contributed by atoms with Gasteiger partial charge in [0.1, 0.15) is 11.6 Å². The molecule has 1 fully saturated rings. The zero-order chi connectivity index (χ0) is 17.8. The summed E-state index contributed by atoms with van der Waals surface area (Å²) in [6, 6.07) is 9.19. The van der Waals surface area contributed by atoms with E-state index in [2.05, 4.69) is 9.88 Å². The number of nitrogens with one attached hydrogen (secondary N) is 1. The van der Waals surface area contributed by atoms with Crippen LogP contribution in [0.3, 0.4) is 0 Å². The Hall–Kier alpha value is -2.60. The van der Waals surface area contributed by atoms with Crippen LogP contribution in [0.5, 0.6) is 5.75 Å². The van der Waals surface area contributed by atoms with Crippen molar-refractivity contribution in [1.82, 2.24) is 4.98 Å². The lowest BCUT2D eigenvalue weighted by Gasteiger charge is -2.18. The number of benzene rings is 1. The average molecular weight is 340 g/mol. The van der Waals surface area contributed by atoms with Crippen LogP contribution < -0.4 is 15.4 Å². The zero-order valence-electron chi connectivity index (χ0n) is 14.7. The minimum absolute atomic E-state index is 0.239. The van der Waals surface area contributed by atoms with E-state index < -0.39 is 0 Å². The van der Waals surface area contributed by atoms with Gasteiger partial charge >= 0.3 is 0 Å². The molecule has 0 bridgehead atoms. The van der Waals surface area contributed by atoms with E-state index in [1.54, 1.807) is 19.4 Å². The van der Waals surface area contributed by atoms with E-state index in [0.29, 0.717) is 29.3 Å². The Labute approximate surface area is 148 Å². The highest BCUT2D eigenvalue weighted by atomic mass is 16.5. The van der Waals surface area contributed by atoms with Crippen molar-refractivity contribution in [3.8, 4) is 5.75 Å². The second-order valence-electron chi connectivity index (χ2n) is 6.05. The number of methoxy groups -OCH3 is 1. The van der Waals surface area contributed by atoms with Crippen molar-refractivity contribution in [2.75, 3.05) is 37.4 Å². The van der Waals surface area contributed by atoms with Gasteiger partial charge in [-0.2, -0.15) is 0 Å². The molecule has 2 heterocycles. The molecule has 6 nitrogen and oxygen atoms in total. The van der Waals surface area contributed by atoms with E-state index in [0.717, 1.165) is 30.9 Å². The van der Waals surface area contributed by atoms with Crippen LogP contribution in [0, 0.1) is 5.41 Å². The molecule has 1 aliphatic rings. The molecule has 0 aliphatic carbocycles. The van der Waals surface area contributed by atoms with E-state index >= 15 is 0 Å². The number of anilines is 2. The quantitative estimate of drug-likeness (QED) is 0.624. The average Bonchev–Trinajstić information content (AvgIpc) is 3.12. The summed E-state index contributed by atoms with van der Waals surface area (Å²) in [5, 5.41) is 8.58. The first-order valence-corrected chi connectivity index (χ1v) is 8.47. The molecule has 1 aromatic carbocycles. The van der Waals surface area contributed by atoms with Crippen LogP contribution in [-0.2, 0) is 4.74 Å². The summed E-state index contributed by atoms with van der Waals surface area (Å²) >= 11 is 0. The molecule has 0 radical (unpaired) electrons. The summed E-state index contributed by atoms with van der Waals surface area (Å²) in [5.41, 5.74) is 8.46. The lowest BCUT2D eigenvalue weighted by Crippen LogP contribution is -2.23. The predicted molar refractivity (Wildman–Crippen MR) is 99.8 cm³/mol. The van der Waals surface area contributed by atoms with Gasteiger partial charge in [0, 0.05) is 43.2 Å². The highest BCUT2D eigenvalue weighted by molar-refractivity contribution is 6.14. The summed E-state index contributed by atoms with van der Waals surface area (Å²) < 4.78 is 10.9. The van der Waals surface area contributed by atoms with Crippen molar-refractivity contribution in [2.45, 2.75) is 19.4 Å². The fourth-order valence-electron chi connectivity index (χ4n) is 3.04. The Kier molecular flexibility index (Phi) is 5.19. The maximum atomic E-state index is 8.58. The molecule has 1 unspecified atom stereocenters. The molecule has 132 valence electrons. The minimum Gasteiger partial charge on any atom is -0.494 e. The largest absolute Gasteiger partial charge is 0.494 e. The summed E-state index contributed by atoms with van der Waals surface area (Å²) in [6.07, 6.45) is 2.97. The Balaban J connectivity index is 1.86.